The average molecular weight is 359 g/mol. The van der Waals surface area contributed by atoms with Crippen LogP contribution in [0, 0.1) is 0 Å². The van der Waals surface area contributed by atoms with Crippen molar-refractivity contribution in [3.05, 3.63) is 72.1 Å². The molecule has 0 atom stereocenters. The fraction of sp³-hybridized carbons (Fsp3) is 0.360. The van der Waals surface area contributed by atoms with Crippen molar-refractivity contribution in [3.63, 3.8) is 0 Å². The minimum absolute atomic E-state index is 0.223. The highest BCUT2D eigenvalue weighted by atomic mass is 15.1. The molecule has 2 heteroatoms. The van der Waals surface area contributed by atoms with Crippen molar-refractivity contribution in [3.8, 4) is 0 Å². The monoisotopic (exact) mass is 358 g/mol. The first kappa shape index (κ1) is 17.9. The van der Waals surface area contributed by atoms with E-state index in [1.54, 1.807) is 0 Å². The first-order chi connectivity index (χ1) is 12.9. The van der Waals surface area contributed by atoms with E-state index in [1.807, 2.05) is 0 Å². The summed E-state index contributed by atoms with van der Waals surface area (Å²) in [5.41, 5.74) is 5.64. The molecule has 2 aromatic carbocycles. The Kier molecular flexibility index (Phi) is 4.38. The number of fused-ring (bicyclic) bond motifs is 2. The van der Waals surface area contributed by atoms with E-state index in [9.17, 15) is 0 Å². The molecule has 2 heterocycles. The number of hydrogen-bond donors (Lipinski definition) is 0. The van der Waals surface area contributed by atoms with E-state index in [0.717, 1.165) is 13.1 Å². The van der Waals surface area contributed by atoms with Crippen LogP contribution >= 0.6 is 0 Å². The van der Waals surface area contributed by atoms with Crippen LogP contribution in [0.3, 0.4) is 0 Å². The third-order valence-electron chi connectivity index (χ3n) is 6.20. The van der Waals surface area contributed by atoms with E-state index in [4.69, 9.17) is 0 Å². The van der Waals surface area contributed by atoms with Crippen LogP contribution in [-0.2, 0) is 12.1 Å². The Morgan fingerprint density at radius 2 is 1.41 bits per heavy atom. The average Bonchev–Trinajstić information content (AvgIpc) is 3.25. The van der Waals surface area contributed by atoms with Gasteiger partial charge in [-0.05, 0) is 76.1 Å². The van der Waals surface area contributed by atoms with Crippen LogP contribution in [0.2, 0.25) is 0 Å². The molecule has 0 saturated heterocycles. The van der Waals surface area contributed by atoms with Crippen molar-refractivity contribution in [2.75, 3.05) is 0 Å². The van der Waals surface area contributed by atoms with Crippen LogP contribution in [0.1, 0.15) is 58.1 Å². The van der Waals surface area contributed by atoms with Gasteiger partial charge in [0.15, 0.2) is 0 Å². The fourth-order valence-corrected chi connectivity index (χ4v) is 3.81. The van der Waals surface area contributed by atoms with Gasteiger partial charge in [-0.2, -0.15) is 0 Å². The lowest BCUT2D eigenvalue weighted by Gasteiger charge is -2.23. The summed E-state index contributed by atoms with van der Waals surface area (Å²) >= 11 is 0. The molecule has 0 radical (unpaired) electrons. The number of benzene rings is 2. The summed E-state index contributed by atoms with van der Waals surface area (Å²) < 4.78 is 4.68. The minimum Gasteiger partial charge on any atom is -0.329 e. The zero-order valence-electron chi connectivity index (χ0n) is 17.2. The molecule has 27 heavy (non-hydrogen) atoms. The topological polar surface area (TPSA) is 9.86 Å². The molecule has 0 unspecified atom stereocenters. The van der Waals surface area contributed by atoms with Crippen molar-refractivity contribution >= 4 is 21.8 Å². The van der Waals surface area contributed by atoms with Crippen LogP contribution in [0.25, 0.3) is 21.8 Å². The molecule has 0 aliphatic carbocycles. The predicted molar refractivity (Wildman–Crippen MR) is 117 cm³/mol. The van der Waals surface area contributed by atoms with Gasteiger partial charge in [0.25, 0.3) is 0 Å². The molecule has 0 aliphatic heterocycles. The Bertz CT molecular complexity index is 1090. The molecule has 4 aromatic rings. The Morgan fingerprint density at radius 3 is 2.00 bits per heavy atom. The number of rotatable bonds is 5. The van der Waals surface area contributed by atoms with Gasteiger partial charge in [-0.1, -0.05) is 46.8 Å². The van der Waals surface area contributed by atoms with Crippen LogP contribution in [0.4, 0.5) is 0 Å². The highest BCUT2D eigenvalue weighted by Crippen LogP contribution is 2.30. The van der Waals surface area contributed by atoms with Crippen molar-refractivity contribution in [1.29, 1.82) is 0 Å². The molecular formula is C25H30N2. The second-order valence-electron chi connectivity index (χ2n) is 8.70. The highest BCUT2D eigenvalue weighted by Gasteiger charge is 2.18. The maximum atomic E-state index is 2.36. The molecule has 2 aromatic heterocycles. The van der Waals surface area contributed by atoms with Gasteiger partial charge >= 0.3 is 0 Å². The summed E-state index contributed by atoms with van der Waals surface area (Å²) in [6.45, 7) is 12.2. The maximum absolute atomic E-state index is 2.36. The molecule has 0 bridgehead atoms. The van der Waals surface area contributed by atoms with E-state index in [2.05, 4.69) is 105 Å². The molecule has 0 fully saturated rings. The number of hydrogen-bond acceptors (Lipinski definition) is 0. The van der Waals surface area contributed by atoms with Gasteiger partial charge in [-0.15, -0.1) is 0 Å². The molecule has 0 amide bonds. The van der Waals surface area contributed by atoms with E-state index in [-0.39, 0.29) is 5.41 Å². The molecular weight excluding hydrogens is 328 g/mol. The minimum atomic E-state index is 0.223. The SMILES string of the molecule is CCC(C)(C)c1ccc2c(ccn2Cn2ccc3cc(C(C)C)ccc32)c1. The van der Waals surface area contributed by atoms with Crippen LogP contribution in [0.15, 0.2) is 60.9 Å². The Hall–Kier alpha value is -2.48. The summed E-state index contributed by atoms with van der Waals surface area (Å²) in [7, 11) is 0. The lowest BCUT2D eigenvalue weighted by atomic mass is 9.82. The second kappa shape index (κ2) is 6.60. The summed E-state index contributed by atoms with van der Waals surface area (Å²) in [5.74, 6) is 0.563. The Balaban J connectivity index is 1.69. The lowest BCUT2D eigenvalue weighted by molar-refractivity contribution is 0.507. The fourth-order valence-electron chi connectivity index (χ4n) is 3.81. The quantitative estimate of drug-likeness (QED) is 0.367. The molecule has 140 valence electrons. The Labute approximate surface area is 162 Å². The predicted octanol–water partition coefficient (Wildman–Crippen LogP) is 6.91. The third kappa shape index (κ3) is 3.18. The van der Waals surface area contributed by atoms with Crippen molar-refractivity contribution in [1.82, 2.24) is 9.13 Å². The summed E-state index contributed by atoms with van der Waals surface area (Å²) in [6, 6.07) is 18.3. The van der Waals surface area contributed by atoms with Crippen molar-refractivity contribution in [2.24, 2.45) is 0 Å². The van der Waals surface area contributed by atoms with E-state index < -0.39 is 0 Å². The molecule has 4 rings (SSSR count). The van der Waals surface area contributed by atoms with Crippen LogP contribution in [-0.4, -0.2) is 9.13 Å². The summed E-state index contributed by atoms with van der Waals surface area (Å²) in [4.78, 5) is 0. The summed E-state index contributed by atoms with van der Waals surface area (Å²) in [5, 5.41) is 2.65. The first-order valence-corrected chi connectivity index (χ1v) is 10.1. The molecule has 0 spiro atoms. The van der Waals surface area contributed by atoms with Gasteiger partial charge in [-0.3, -0.25) is 0 Å². The highest BCUT2D eigenvalue weighted by molar-refractivity contribution is 5.82. The molecule has 0 N–H and O–H groups in total. The standard InChI is InChI=1S/C25H30N2/c1-6-25(4,5)22-8-10-24-21(16-22)12-14-27(24)17-26-13-11-20-15-19(18(2)3)7-9-23(20)26/h7-16,18H,6,17H2,1-5H3. The smallest absolute Gasteiger partial charge is 0.0988 e. The van der Waals surface area contributed by atoms with E-state index >= 15 is 0 Å². The first-order valence-electron chi connectivity index (χ1n) is 10.1. The zero-order chi connectivity index (χ0) is 19.2. The van der Waals surface area contributed by atoms with Gasteiger partial charge in [-0.25, -0.2) is 0 Å². The lowest BCUT2D eigenvalue weighted by Crippen LogP contribution is -2.15. The van der Waals surface area contributed by atoms with E-state index in [0.29, 0.717) is 5.92 Å². The molecule has 0 saturated carbocycles. The maximum Gasteiger partial charge on any atom is 0.0988 e. The van der Waals surface area contributed by atoms with Crippen LogP contribution < -0.4 is 0 Å². The largest absolute Gasteiger partial charge is 0.329 e. The van der Waals surface area contributed by atoms with Gasteiger partial charge in [0.05, 0.1) is 6.67 Å². The van der Waals surface area contributed by atoms with E-state index in [1.165, 1.54) is 32.9 Å². The van der Waals surface area contributed by atoms with Gasteiger partial charge < -0.3 is 9.13 Å². The zero-order valence-corrected chi connectivity index (χ0v) is 17.2. The molecule has 2 nitrogen and oxygen atoms in total. The van der Waals surface area contributed by atoms with Crippen LogP contribution in [0.5, 0.6) is 0 Å². The normalized spacial score (nSPS) is 12.5. The Morgan fingerprint density at radius 1 is 0.815 bits per heavy atom. The van der Waals surface area contributed by atoms with Gasteiger partial charge in [0, 0.05) is 23.4 Å². The third-order valence-corrected chi connectivity index (χ3v) is 6.20. The number of nitrogens with zero attached hydrogens (tertiary/aromatic N) is 2. The van der Waals surface area contributed by atoms with Crippen molar-refractivity contribution < 1.29 is 0 Å². The summed E-state index contributed by atoms with van der Waals surface area (Å²) in [6.07, 6.45) is 5.56. The number of aromatic nitrogens is 2. The second-order valence-corrected chi connectivity index (χ2v) is 8.70. The molecule has 0 aliphatic rings. The van der Waals surface area contributed by atoms with Crippen molar-refractivity contribution in [2.45, 2.75) is 59.0 Å². The van der Waals surface area contributed by atoms with Gasteiger partial charge in [0.2, 0.25) is 0 Å². The van der Waals surface area contributed by atoms with Gasteiger partial charge in [0.1, 0.15) is 0 Å².